The number of benzene rings is 1. The number of nitrogens with one attached hydrogen (secondary N) is 1. The molecule has 126 valence electrons. The van der Waals surface area contributed by atoms with Crippen LogP contribution in [0.4, 0.5) is 5.69 Å². The number of hydrogen-bond donors (Lipinski definition) is 2. The van der Waals surface area contributed by atoms with Gasteiger partial charge in [-0.2, -0.15) is 0 Å². The molecule has 4 rings (SSSR count). The quantitative estimate of drug-likeness (QED) is 0.447. The molecule has 0 atom stereocenters. The molecule has 0 aliphatic heterocycles. The Kier molecular flexibility index (Phi) is 4.01. The number of nitrogens with zero attached hydrogens (tertiary/aromatic N) is 3. The first-order chi connectivity index (χ1) is 12.0. The van der Waals surface area contributed by atoms with Gasteiger partial charge < -0.3 is 10.4 Å². The number of anilines is 1. The maximum absolute atomic E-state index is 13.0. The highest BCUT2D eigenvalue weighted by atomic mass is 79.9. The third kappa shape index (κ3) is 2.54. The molecule has 0 saturated heterocycles. The lowest BCUT2D eigenvalue weighted by Crippen LogP contribution is -2.17. The van der Waals surface area contributed by atoms with E-state index in [1.807, 2.05) is 7.05 Å². The molecule has 9 heteroatoms. The van der Waals surface area contributed by atoms with Crippen LogP contribution >= 0.6 is 43.2 Å². The summed E-state index contributed by atoms with van der Waals surface area (Å²) in [5, 5.41) is 13.6. The van der Waals surface area contributed by atoms with Gasteiger partial charge in [-0.05, 0) is 50.1 Å². The summed E-state index contributed by atoms with van der Waals surface area (Å²) in [6, 6.07) is 4.86. The highest BCUT2D eigenvalue weighted by Crippen LogP contribution is 2.38. The zero-order valence-electron chi connectivity index (χ0n) is 12.7. The Hall–Kier alpha value is -1.97. The third-order valence-electron chi connectivity index (χ3n) is 3.82. The number of hydrogen-bond acceptors (Lipinski definition) is 6. The lowest BCUT2D eigenvalue weighted by atomic mass is 10.2. The van der Waals surface area contributed by atoms with E-state index in [4.69, 9.17) is 0 Å². The first-order valence-electron chi connectivity index (χ1n) is 7.16. The van der Waals surface area contributed by atoms with Crippen molar-refractivity contribution in [3.05, 3.63) is 50.0 Å². The van der Waals surface area contributed by atoms with Gasteiger partial charge in [-0.1, -0.05) is 0 Å². The largest absolute Gasteiger partial charge is 0.507 e. The van der Waals surface area contributed by atoms with Crippen molar-refractivity contribution in [2.24, 2.45) is 0 Å². The minimum Gasteiger partial charge on any atom is -0.507 e. The van der Waals surface area contributed by atoms with Crippen molar-refractivity contribution in [1.29, 1.82) is 0 Å². The van der Waals surface area contributed by atoms with Crippen molar-refractivity contribution >= 4 is 69.3 Å². The van der Waals surface area contributed by atoms with E-state index >= 15 is 0 Å². The Balaban J connectivity index is 2.05. The second-order valence-electron chi connectivity index (χ2n) is 5.25. The van der Waals surface area contributed by atoms with Gasteiger partial charge in [0.15, 0.2) is 0 Å². The number of fused-ring (bicyclic) bond motifs is 3. The molecular formula is C16H10Br2N4O2S. The van der Waals surface area contributed by atoms with Crippen molar-refractivity contribution in [2.75, 3.05) is 12.4 Å². The van der Waals surface area contributed by atoms with E-state index in [0.717, 1.165) is 20.4 Å². The highest BCUT2D eigenvalue weighted by molar-refractivity contribution is 9.11. The zero-order chi connectivity index (χ0) is 17.7. The fourth-order valence-corrected chi connectivity index (χ4v) is 4.55. The van der Waals surface area contributed by atoms with Gasteiger partial charge in [-0.3, -0.25) is 9.36 Å². The standard InChI is InChI=1S/C16H10Br2N4O2S/c1-19-12-9(18)5-20-15-11(12)13-14(25-15)16(24)22(6-21-13)7-2-3-10(23)8(17)4-7/h2-6,23H,1H3,(H,19,20). The number of pyridine rings is 1. The van der Waals surface area contributed by atoms with Gasteiger partial charge in [0.1, 0.15) is 27.1 Å². The Morgan fingerprint density at radius 2 is 2.04 bits per heavy atom. The number of halogens is 2. The predicted octanol–water partition coefficient (Wildman–Crippen LogP) is 4.27. The molecule has 0 bridgehead atoms. The number of phenolic OH excluding ortho intramolecular Hbond substituents is 1. The monoisotopic (exact) mass is 480 g/mol. The van der Waals surface area contributed by atoms with E-state index < -0.39 is 0 Å². The summed E-state index contributed by atoms with van der Waals surface area (Å²) in [6.07, 6.45) is 3.20. The van der Waals surface area contributed by atoms with Crippen LogP contribution in [0.2, 0.25) is 0 Å². The summed E-state index contributed by atoms with van der Waals surface area (Å²) in [5.74, 6) is 0.111. The van der Waals surface area contributed by atoms with E-state index in [1.54, 1.807) is 18.3 Å². The van der Waals surface area contributed by atoms with Gasteiger partial charge >= 0.3 is 0 Å². The van der Waals surface area contributed by atoms with E-state index in [0.29, 0.717) is 20.4 Å². The molecule has 0 unspecified atom stereocenters. The summed E-state index contributed by atoms with van der Waals surface area (Å²) in [7, 11) is 1.82. The molecule has 2 N–H and O–H groups in total. The highest BCUT2D eigenvalue weighted by Gasteiger charge is 2.17. The molecule has 3 heterocycles. The molecule has 3 aromatic heterocycles. The molecule has 0 fully saturated rings. The molecule has 0 spiro atoms. The van der Waals surface area contributed by atoms with Crippen LogP contribution in [0.15, 0.2) is 44.5 Å². The number of aromatic hydroxyl groups is 1. The molecule has 0 amide bonds. The van der Waals surface area contributed by atoms with Crippen molar-refractivity contribution in [2.45, 2.75) is 0 Å². The van der Waals surface area contributed by atoms with Gasteiger partial charge in [0, 0.05) is 13.2 Å². The molecule has 0 saturated carbocycles. The maximum atomic E-state index is 13.0. The average Bonchev–Trinajstić information content (AvgIpc) is 2.98. The van der Waals surface area contributed by atoms with Gasteiger partial charge in [0.05, 0.1) is 25.7 Å². The zero-order valence-corrected chi connectivity index (χ0v) is 16.7. The lowest BCUT2D eigenvalue weighted by Gasteiger charge is -2.07. The normalized spacial score (nSPS) is 11.3. The Morgan fingerprint density at radius 3 is 2.76 bits per heavy atom. The van der Waals surface area contributed by atoms with Crippen molar-refractivity contribution in [3.63, 3.8) is 0 Å². The van der Waals surface area contributed by atoms with Crippen molar-refractivity contribution in [3.8, 4) is 11.4 Å². The minimum absolute atomic E-state index is 0.111. The van der Waals surface area contributed by atoms with E-state index in [1.165, 1.54) is 28.3 Å². The fraction of sp³-hybridized carbons (Fsp3) is 0.0625. The smallest absolute Gasteiger partial charge is 0.275 e. The van der Waals surface area contributed by atoms with Crippen LogP contribution in [0, 0.1) is 0 Å². The summed E-state index contributed by atoms with van der Waals surface area (Å²) >= 11 is 8.05. The van der Waals surface area contributed by atoms with Crippen LogP contribution in [-0.4, -0.2) is 26.7 Å². The number of phenols is 1. The van der Waals surface area contributed by atoms with Gasteiger partial charge in [-0.15, -0.1) is 11.3 Å². The molecule has 4 aromatic rings. The van der Waals surface area contributed by atoms with Gasteiger partial charge in [-0.25, -0.2) is 9.97 Å². The Labute approximate surface area is 162 Å². The van der Waals surface area contributed by atoms with Crippen molar-refractivity contribution in [1.82, 2.24) is 14.5 Å². The van der Waals surface area contributed by atoms with E-state index in [9.17, 15) is 9.90 Å². The second kappa shape index (κ2) is 6.08. The number of aromatic nitrogens is 3. The molecular weight excluding hydrogens is 472 g/mol. The molecule has 1 aromatic carbocycles. The van der Waals surface area contributed by atoms with Crippen LogP contribution in [-0.2, 0) is 0 Å². The van der Waals surface area contributed by atoms with Crippen molar-refractivity contribution < 1.29 is 5.11 Å². The van der Waals surface area contributed by atoms with Crippen LogP contribution in [0.25, 0.3) is 26.1 Å². The second-order valence-corrected chi connectivity index (χ2v) is 7.95. The lowest BCUT2D eigenvalue weighted by molar-refractivity contribution is 0.472. The molecule has 0 aliphatic rings. The Morgan fingerprint density at radius 1 is 1.24 bits per heavy atom. The SMILES string of the molecule is CNc1c(Br)cnc2sc3c(=O)n(-c4ccc(O)c(Br)c4)cnc3c12. The van der Waals surface area contributed by atoms with Gasteiger partial charge in [0.25, 0.3) is 5.56 Å². The summed E-state index contributed by atoms with van der Waals surface area (Å²) in [6.45, 7) is 0. The molecule has 0 radical (unpaired) electrons. The summed E-state index contributed by atoms with van der Waals surface area (Å²) in [4.78, 5) is 22.6. The minimum atomic E-state index is -0.177. The topological polar surface area (TPSA) is 80.0 Å². The van der Waals surface area contributed by atoms with Crippen LogP contribution in [0.1, 0.15) is 0 Å². The Bertz CT molecular complexity index is 1200. The maximum Gasteiger partial charge on any atom is 0.275 e. The van der Waals surface area contributed by atoms with Crippen LogP contribution in [0.3, 0.4) is 0 Å². The first kappa shape index (κ1) is 16.5. The molecule has 0 aliphatic carbocycles. The number of thiophene rings is 1. The van der Waals surface area contributed by atoms with E-state index in [2.05, 4.69) is 47.1 Å². The van der Waals surface area contributed by atoms with Gasteiger partial charge in [0.2, 0.25) is 0 Å². The fourth-order valence-electron chi connectivity index (χ4n) is 2.65. The molecule has 25 heavy (non-hydrogen) atoms. The third-order valence-corrected chi connectivity index (χ3v) is 6.13. The summed E-state index contributed by atoms with van der Waals surface area (Å²) < 4.78 is 3.31. The van der Waals surface area contributed by atoms with E-state index in [-0.39, 0.29) is 11.3 Å². The molecule has 6 nitrogen and oxygen atoms in total. The predicted molar refractivity (Wildman–Crippen MR) is 107 cm³/mol. The number of rotatable bonds is 2. The first-order valence-corrected chi connectivity index (χ1v) is 9.56. The average molecular weight is 482 g/mol. The van der Waals surface area contributed by atoms with Crippen LogP contribution < -0.4 is 10.9 Å². The summed E-state index contributed by atoms with van der Waals surface area (Å²) in [5.41, 5.74) is 1.92. The van der Waals surface area contributed by atoms with Crippen LogP contribution in [0.5, 0.6) is 5.75 Å².